The van der Waals surface area contributed by atoms with Gasteiger partial charge in [0.1, 0.15) is 5.76 Å². The number of nitrogens with zero attached hydrogens (tertiary/aromatic N) is 4. The van der Waals surface area contributed by atoms with Crippen LogP contribution in [0, 0.1) is 25.2 Å². The van der Waals surface area contributed by atoms with Gasteiger partial charge in [0.05, 0.1) is 12.2 Å². The van der Waals surface area contributed by atoms with E-state index in [9.17, 15) is 0 Å². The summed E-state index contributed by atoms with van der Waals surface area (Å²) in [5.74, 6) is 3.66. The minimum Gasteiger partial charge on any atom is -0.444 e. The fourth-order valence-electron chi connectivity index (χ4n) is 5.59. The topological polar surface area (TPSA) is 56.9 Å². The Morgan fingerprint density at radius 1 is 1.13 bits per heavy atom. The van der Waals surface area contributed by atoms with Crippen molar-refractivity contribution in [2.24, 2.45) is 16.3 Å². The molecule has 0 aromatic carbocycles. The number of likely N-dealkylation sites (tertiary alicyclic amines) is 2. The van der Waals surface area contributed by atoms with Crippen molar-refractivity contribution in [1.82, 2.24) is 20.1 Å². The molecule has 168 valence electrons. The van der Waals surface area contributed by atoms with Gasteiger partial charge < -0.3 is 14.6 Å². The molecule has 3 aliphatic rings. The highest BCUT2D eigenvalue weighted by Gasteiger charge is 2.39. The van der Waals surface area contributed by atoms with Gasteiger partial charge in [0.2, 0.25) is 5.89 Å². The number of piperidine rings is 1. The molecular formula is C24H41N5O. The molecule has 1 aromatic rings. The molecule has 30 heavy (non-hydrogen) atoms. The summed E-state index contributed by atoms with van der Waals surface area (Å²) in [6.07, 6.45) is 10.9. The molecule has 6 nitrogen and oxygen atoms in total. The van der Waals surface area contributed by atoms with E-state index in [0.29, 0.717) is 11.3 Å². The number of aryl methyl sites for hydroxylation is 2. The number of oxazole rings is 1. The highest BCUT2D eigenvalue weighted by atomic mass is 16.4. The van der Waals surface area contributed by atoms with Crippen LogP contribution in [0.5, 0.6) is 0 Å². The molecule has 1 aliphatic carbocycles. The first kappa shape index (κ1) is 21.7. The Morgan fingerprint density at radius 2 is 1.90 bits per heavy atom. The predicted molar refractivity (Wildman–Crippen MR) is 122 cm³/mol. The highest BCUT2D eigenvalue weighted by molar-refractivity contribution is 5.80. The van der Waals surface area contributed by atoms with Crippen LogP contribution in [0.2, 0.25) is 0 Å². The molecule has 0 unspecified atom stereocenters. The number of aliphatic imine (C=N–C) groups is 1. The first-order chi connectivity index (χ1) is 14.6. The van der Waals surface area contributed by atoms with E-state index in [0.717, 1.165) is 56.0 Å². The average molecular weight is 416 g/mol. The number of hydrogen-bond acceptors (Lipinski definition) is 4. The van der Waals surface area contributed by atoms with E-state index in [1.165, 1.54) is 64.5 Å². The maximum absolute atomic E-state index is 5.77. The molecule has 6 heteroatoms. The summed E-state index contributed by atoms with van der Waals surface area (Å²) < 4.78 is 5.77. The van der Waals surface area contributed by atoms with Crippen LogP contribution in [0.25, 0.3) is 0 Å². The van der Waals surface area contributed by atoms with Crippen LogP contribution in [0.15, 0.2) is 9.41 Å². The maximum Gasteiger partial charge on any atom is 0.208 e. The average Bonchev–Trinajstić information content (AvgIpc) is 3.29. The minimum absolute atomic E-state index is 0.580. The minimum atomic E-state index is 0.580. The number of nitrogens with one attached hydrogen (secondary N) is 1. The molecule has 3 heterocycles. The Labute approximate surface area is 182 Å². The van der Waals surface area contributed by atoms with Crippen LogP contribution in [0.1, 0.15) is 75.6 Å². The monoisotopic (exact) mass is 415 g/mol. The van der Waals surface area contributed by atoms with E-state index in [-0.39, 0.29) is 0 Å². The zero-order chi connectivity index (χ0) is 21.0. The Bertz CT molecular complexity index is 694. The van der Waals surface area contributed by atoms with Gasteiger partial charge in [0.25, 0.3) is 0 Å². The van der Waals surface area contributed by atoms with Gasteiger partial charge in [0, 0.05) is 26.2 Å². The molecule has 1 saturated carbocycles. The molecule has 2 aliphatic heterocycles. The molecule has 0 radical (unpaired) electrons. The van der Waals surface area contributed by atoms with Gasteiger partial charge in [-0.3, -0.25) is 9.89 Å². The first-order valence-corrected chi connectivity index (χ1v) is 12.3. The quantitative estimate of drug-likeness (QED) is 0.579. The van der Waals surface area contributed by atoms with Crippen molar-refractivity contribution in [3.05, 3.63) is 17.3 Å². The molecule has 4 rings (SSSR count). The number of rotatable bonds is 5. The summed E-state index contributed by atoms with van der Waals surface area (Å²) in [6.45, 7) is 13.6. The summed E-state index contributed by atoms with van der Waals surface area (Å²) in [5, 5.41) is 3.58. The van der Waals surface area contributed by atoms with Gasteiger partial charge >= 0.3 is 0 Å². The van der Waals surface area contributed by atoms with Crippen molar-refractivity contribution < 1.29 is 4.42 Å². The smallest absolute Gasteiger partial charge is 0.208 e. The van der Waals surface area contributed by atoms with E-state index in [1.54, 1.807) is 0 Å². The molecule has 1 aromatic heterocycles. The largest absolute Gasteiger partial charge is 0.444 e. The molecule has 0 amide bonds. The number of guanidine groups is 1. The van der Waals surface area contributed by atoms with Crippen molar-refractivity contribution in [2.45, 2.75) is 78.7 Å². The van der Waals surface area contributed by atoms with Gasteiger partial charge in [-0.25, -0.2) is 4.98 Å². The molecular weight excluding hydrogens is 374 g/mol. The van der Waals surface area contributed by atoms with E-state index >= 15 is 0 Å². The summed E-state index contributed by atoms with van der Waals surface area (Å²) >= 11 is 0. The molecule has 0 atom stereocenters. The van der Waals surface area contributed by atoms with Crippen LogP contribution in [0.3, 0.4) is 0 Å². The van der Waals surface area contributed by atoms with E-state index in [2.05, 4.69) is 27.0 Å². The standard InChI is InChI=1S/C24H41N5O/c1-4-25-23(29-15-12-24(18-29)10-6-5-7-11-24)26-16-21-8-13-28(14-9-21)17-22-27-19(2)20(3)30-22/h21H,4-18H2,1-3H3,(H,25,26). The fraction of sp³-hybridized carbons (Fsp3) is 0.833. The Kier molecular flexibility index (Phi) is 7.01. The van der Waals surface area contributed by atoms with Gasteiger partial charge in [-0.1, -0.05) is 19.3 Å². The van der Waals surface area contributed by atoms with Gasteiger partial charge in [-0.15, -0.1) is 0 Å². The van der Waals surface area contributed by atoms with E-state index in [1.807, 2.05) is 13.8 Å². The summed E-state index contributed by atoms with van der Waals surface area (Å²) in [4.78, 5) is 14.7. The van der Waals surface area contributed by atoms with Crippen LogP contribution in [-0.2, 0) is 6.54 Å². The lowest BCUT2D eigenvalue weighted by molar-refractivity contribution is 0.166. The Hall–Kier alpha value is -1.56. The zero-order valence-corrected chi connectivity index (χ0v) is 19.4. The molecule has 1 N–H and O–H groups in total. The summed E-state index contributed by atoms with van der Waals surface area (Å²) in [5.41, 5.74) is 1.60. The summed E-state index contributed by atoms with van der Waals surface area (Å²) in [6, 6.07) is 0. The van der Waals surface area contributed by atoms with Crippen molar-refractivity contribution >= 4 is 5.96 Å². The second-order valence-electron chi connectivity index (χ2n) is 9.90. The normalized spacial score (nSPS) is 23.4. The van der Waals surface area contributed by atoms with E-state index < -0.39 is 0 Å². The van der Waals surface area contributed by atoms with Crippen LogP contribution < -0.4 is 5.32 Å². The maximum atomic E-state index is 5.77. The van der Waals surface area contributed by atoms with Crippen molar-refractivity contribution in [1.29, 1.82) is 0 Å². The van der Waals surface area contributed by atoms with Crippen LogP contribution in [0.4, 0.5) is 0 Å². The SMILES string of the molecule is CCNC(=NCC1CCN(Cc2nc(C)c(C)o2)CC1)N1CCC2(CCCCC2)C1. The van der Waals surface area contributed by atoms with Gasteiger partial charge in [-0.2, -0.15) is 0 Å². The van der Waals surface area contributed by atoms with E-state index in [4.69, 9.17) is 9.41 Å². The lowest BCUT2D eigenvalue weighted by Gasteiger charge is -2.34. The Balaban J connectivity index is 1.26. The third-order valence-corrected chi connectivity index (χ3v) is 7.63. The van der Waals surface area contributed by atoms with Crippen molar-refractivity contribution in [3.63, 3.8) is 0 Å². The molecule has 1 spiro atoms. The lowest BCUT2D eigenvalue weighted by Crippen LogP contribution is -2.42. The van der Waals surface area contributed by atoms with Gasteiger partial charge in [0.15, 0.2) is 5.96 Å². The lowest BCUT2D eigenvalue weighted by atomic mass is 9.73. The first-order valence-electron chi connectivity index (χ1n) is 12.3. The molecule has 2 saturated heterocycles. The third-order valence-electron chi connectivity index (χ3n) is 7.63. The fourth-order valence-corrected chi connectivity index (χ4v) is 5.59. The van der Waals surface area contributed by atoms with Gasteiger partial charge in [-0.05, 0) is 77.3 Å². The second kappa shape index (κ2) is 9.71. The number of aromatic nitrogens is 1. The zero-order valence-electron chi connectivity index (χ0n) is 19.4. The van der Waals surface area contributed by atoms with Crippen LogP contribution in [-0.4, -0.2) is 60.0 Å². The highest BCUT2D eigenvalue weighted by Crippen LogP contribution is 2.43. The molecule has 3 fully saturated rings. The van der Waals surface area contributed by atoms with Crippen molar-refractivity contribution in [3.8, 4) is 0 Å². The number of hydrogen-bond donors (Lipinski definition) is 1. The second-order valence-corrected chi connectivity index (χ2v) is 9.90. The third kappa shape index (κ3) is 5.19. The Morgan fingerprint density at radius 3 is 2.57 bits per heavy atom. The predicted octanol–water partition coefficient (Wildman–Crippen LogP) is 4.13. The molecule has 0 bridgehead atoms. The summed E-state index contributed by atoms with van der Waals surface area (Å²) in [7, 11) is 0. The van der Waals surface area contributed by atoms with Crippen molar-refractivity contribution in [2.75, 3.05) is 39.3 Å². The van der Waals surface area contributed by atoms with Crippen LogP contribution >= 0.6 is 0 Å².